The van der Waals surface area contributed by atoms with E-state index >= 15 is 0 Å². The monoisotopic (exact) mass is 338 g/mol. The van der Waals surface area contributed by atoms with Crippen molar-refractivity contribution >= 4 is 17.5 Å². The van der Waals surface area contributed by atoms with Crippen molar-refractivity contribution in [1.29, 1.82) is 0 Å². The molecule has 2 amide bonds. The van der Waals surface area contributed by atoms with Crippen LogP contribution in [-0.2, 0) is 16.0 Å². The summed E-state index contributed by atoms with van der Waals surface area (Å²) in [5.41, 5.74) is 1.89. The Labute approximate surface area is 149 Å². The lowest BCUT2D eigenvalue weighted by Crippen LogP contribution is -2.35. The van der Waals surface area contributed by atoms with Crippen LogP contribution < -0.4 is 10.2 Å². The van der Waals surface area contributed by atoms with Gasteiger partial charge in [0.05, 0.1) is 6.42 Å². The highest BCUT2D eigenvalue weighted by atomic mass is 16.2. The molecule has 4 nitrogen and oxygen atoms in total. The average molecular weight is 338 g/mol. The normalized spacial score (nSPS) is 10.3. The fourth-order valence-electron chi connectivity index (χ4n) is 2.61. The van der Waals surface area contributed by atoms with Crippen LogP contribution in [-0.4, -0.2) is 24.9 Å². The number of carbonyl (C=O) groups is 2. The highest BCUT2D eigenvalue weighted by molar-refractivity contribution is 5.93. The summed E-state index contributed by atoms with van der Waals surface area (Å²) in [5, 5.41) is 2.84. The Morgan fingerprint density at radius 1 is 0.960 bits per heavy atom. The van der Waals surface area contributed by atoms with Crippen molar-refractivity contribution in [2.75, 3.05) is 18.0 Å². The second-order valence-corrected chi connectivity index (χ2v) is 6.00. The molecule has 0 aliphatic heterocycles. The summed E-state index contributed by atoms with van der Waals surface area (Å²) in [5.74, 6) is -0.0153. The van der Waals surface area contributed by atoms with Crippen molar-refractivity contribution < 1.29 is 9.59 Å². The molecule has 2 rings (SSSR count). The molecule has 0 aliphatic carbocycles. The first-order valence-electron chi connectivity index (χ1n) is 8.86. The van der Waals surface area contributed by atoms with Crippen molar-refractivity contribution in [3.8, 4) is 0 Å². The van der Waals surface area contributed by atoms with Gasteiger partial charge in [-0.3, -0.25) is 9.59 Å². The molecule has 2 aromatic carbocycles. The fraction of sp³-hybridized carbons (Fsp3) is 0.333. The SMILES string of the molecule is CCCCN(C(=O)CCNC(=O)Cc1ccccc1)c1ccccc1. The molecule has 0 spiro atoms. The van der Waals surface area contributed by atoms with E-state index in [2.05, 4.69) is 12.2 Å². The summed E-state index contributed by atoms with van der Waals surface area (Å²) < 4.78 is 0. The number of amides is 2. The number of rotatable bonds is 9. The number of nitrogens with zero attached hydrogens (tertiary/aromatic N) is 1. The van der Waals surface area contributed by atoms with Gasteiger partial charge in [0.25, 0.3) is 0 Å². The molecule has 0 atom stereocenters. The average Bonchev–Trinajstić information content (AvgIpc) is 2.64. The van der Waals surface area contributed by atoms with Crippen molar-refractivity contribution in [3.63, 3.8) is 0 Å². The Hall–Kier alpha value is -2.62. The van der Waals surface area contributed by atoms with Crippen LogP contribution in [0.3, 0.4) is 0 Å². The minimum atomic E-state index is -0.0566. The lowest BCUT2D eigenvalue weighted by atomic mass is 10.1. The molecular formula is C21H26N2O2. The number of hydrogen-bond acceptors (Lipinski definition) is 2. The van der Waals surface area contributed by atoms with Crippen LogP contribution in [0.25, 0.3) is 0 Å². The van der Waals surface area contributed by atoms with Crippen LogP contribution in [0.1, 0.15) is 31.7 Å². The van der Waals surface area contributed by atoms with Gasteiger partial charge in [-0.25, -0.2) is 0 Å². The van der Waals surface area contributed by atoms with E-state index in [0.29, 0.717) is 25.9 Å². The number of unbranched alkanes of at least 4 members (excludes halogenated alkanes) is 1. The minimum absolute atomic E-state index is 0.0414. The first-order valence-corrected chi connectivity index (χ1v) is 8.86. The Bertz CT molecular complexity index is 656. The summed E-state index contributed by atoms with van der Waals surface area (Å²) in [7, 11) is 0. The number of benzene rings is 2. The van der Waals surface area contributed by atoms with Gasteiger partial charge < -0.3 is 10.2 Å². The smallest absolute Gasteiger partial charge is 0.228 e. The number of hydrogen-bond donors (Lipinski definition) is 1. The van der Waals surface area contributed by atoms with E-state index in [-0.39, 0.29) is 11.8 Å². The lowest BCUT2D eigenvalue weighted by molar-refractivity contribution is -0.121. The van der Waals surface area contributed by atoms with Crippen LogP contribution in [0.15, 0.2) is 60.7 Å². The van der Waals surface area contributed by atoms with Gasteiger partial charge in [0.1, 0.15) is 0 Å². The molecule has 132 valence electrons. The van der Waals surface area contributed by atoms with Gasteiger partial charge in [0.2, 0.25) is 11.8 Å². The zero-order chi connectivity index (χ0) is 17.9. The first kappa shape index (κ1) is 18.7. The fourth-order valence-corrected chi connectivity index (χ4v) is 2.61. The van der Waals surface area contributed by atoms with Gasteiger partial charge in [-0.1, -0.05) is 61.9 Å². The number of carbonyl (C=O) groups excluding carboxylic acids is 2. The maximum atomic E-state index is 12.6. The molecule has 2 aromatic rings. The largest absolute Gasteiger partial charge is 0.355 e. The molecule has 1 N–H and O–H groups in total. The third kappa shape index (κ3) is 6.42. The maximum absolute atomic E-state index is 12.6. The van der Waals surface area contributed by atoms with Gasteiger partial charge >= 0.3 is 0 Å². The number of anilines is 1. The van der Waals surface area contributed by atoms with Gasteiger partial charge in [0, 0.05) is 25.2 Å². The molecular weight excluding hydrogens is 312 g/mol. The maximum Gasteiger partial charge on any atom is 0.228 e. The van der Waals surface area contributed by atoms with E-state index in [1.54, 1.807) is 0 Å². The quantitative estimate of drug-likeness (QED) is 0.760. The number of nitrogens with one attached hydrogen (secondary N) is 1. The van der Waals surface area contributed by atoms with Crippen LogP contribution >= 0.6 is 0 Å². The summed E-state index contributed by atoms with van der Waals surface area (Å²) >= 11 is 0. The Morgan fingerprint density at radius 2 is 1.60 bits per heavy atom. The van der Waals surface area contributed by atoms with Crippen molar-refractivity contribution in [3.05, 3.63) is 66.2 Å². The summed E-state index contributed by atoms with van der Waals surface area (Å²) in [6.07, 6.45) is 2.64. The zero-order valence-electron chi connectivity index (χ0n) is 14.8. The topological polar surface area (TPSA) is 49.4 Å². The van der Waals surface area contributed by atoms with Gasteiger partial charge in [-0.05, 0) is 24.1 Å². The van der Waals surface area contributed by atoms with Gasteiger partial charge in [-0.15, -0.1) is 0 Å². The molecule has 0 aromatic heterocycles. The van der Waals surface area contributed by atoms with E-state index in [1.165, 1.54) is 0 Å². The minimum Gasteiger partial charge on any atom is -0.355 e. The molecule has 0 saturated heterocycles. The van der Waals surface area contributed by atoms with E-state index in [0.717, 1.165) is 24.1 Å². The van der Waals surface area contributed by atoms with Crippen LogP contribution in [0.4, 0.5) is 5.69 Å². The van der Waals surface area contributed by atoms with Crippen LogP contribution in [0, 0.1) is 0 Å². The van der Waals surface area contributed by atoms with E-state index in [9.17, 15) is 9.59 Å². The second-order valence-electron chi connectivity index (χ2n) is 6.00. The molecule has 0 unspecified atom stereocenters. The molecule has 0 radical (unpaired) electrons. The molecule has 4 heteroatoms. The van der Waals surface area contributed by atoms with Crippen molar-refractivity contribution in [1.82, 2.24) is 5.32 Å². The van der Waals surface area contributed by atoms with Gasteiger partial charge in [-0.2, -0.15) is 0 Å². The van der Waals surface area contributed by atoms with Crippen LogP contribution in [0.2, 0.25) is 0 Å². The van der Waals surface area contributed by atoms with Crippen LogP contribution in [0.5, 0.6) is 0 Å². The molecule has 0 fully saturated rings. The highest BCUT2D eigenvalue weighted by Gasteiger charge is 2.15. The number of para-hydroxylation sites is 1. The highest BCUT2D eigenvalue weighted by Crippen LogP contribution is 2.15. The predicted molar refractivity (Wildman–Crippen MR) is 101 cm³/mol. The first-order chi connectivity index (χ1) is 12.2. The molecule has 0 saturated carbocycles. The predicted octanol–water partition coefficient (Wildman–Crippen LogP) is 3.57. The van der Waals surface area contributed by atoms with E-state index in [4.69, 9.17) is 0 Å². The summed E-state index contributed by atoms with van der Waals surface area (Å²) in [6.45, 7) is 3.18. The Balaban J connectivity index is 1.83. The molecule has 25 heavy (non-hydrogen) atoms. The Kier molecular flexibility index (Phi) is 7.70. The van der Waals surface area contributed by atoms with E-state index < -0.39 is 0 Å². The molecule has 0 bridgehead atoms. The summed E-state index contributed by atoms with van der Waals surface area (Å²) in [4.78, 5) is 26.3. The zero-order valence-corrected chi connectivity index (χ0v) is 14.8. The van der Waals surface area contributed by atoms with Crippen molar-refractivity contribution in [2.24, 2.45) is 0 Å². The van der Waals surface area contributed by atoms with E-state index in [1.807, 2.05) is 65.6 Å². The molecule has 0 heterocycles. The summed E-state index contributed by atoms with van der Waals surface area (Å²) in [6, 6.07) is 19.3. The third-order valence-corrected chi connectivity index (χ3v) is 3.97. The standard InChI is InChI=1S/C21H26N2O2/c1-2-3-16-23(19-12-8-5-9-13-19)21(25)14-15-22-20(24)17-18-10-6-4-7-11-18/h4-13H,2-3,14-17H2,1H3,(H,22,24). The van der Waals surface area contributed by atoms with Crippen molar-refractivity contribution in [2.45, 2.75) is 32.6 Å². The lowest BCUT2D eigenvalue weighted by Gasteiger charge is -2.23. The Morgan fingerprint density at radius 3 is 2.24 bits per heavy atom. The second kappa shape index (κ2) is 10.3. The van der Waals surface area contributed by atoms with Gasteiger partial charge in [0.15, 0.2) is 0 Å². The third-order valence-electron chi connectivity index (χ3n) is 3.97. The molecule has 0 aliphatic rings.